The standard InChI is InChI=1S/C29H38N6O5/c1-34-9-7-30-6-2-12-37-25-16-22-23(17-26(25)38-13-3-8-35-10-14-36-15-11-35)31-19-32-29(22)33-27-21(18-34)4-5-24-28(27)40-20-39-24/h4-5,16-17,19,30H,2-3,6-15,18,20H2,1H3,(H,31,32,33). The van der Waals surface area contributed by atoms with Crippen LogP contribution in [0.3, 0.4) is 0 Å². The Bertz CT molecular complexity index is 1300. The van der Waals surface area contributed by atoms with Gasteiger partial charge in [0.2, 0.25) is 6.79 Å². The van der Waals surface area contributed by atoms with Crippen LogP contribution in [0.2, 0.25) is 0 Å². The molecular formula is C29H38N6O5. The second-order valence-corrected chi connectivity index (χ2v) is 10.3. The molecule has 1 fully saturated rings. The third kappa shape index (κ3) is 6.33. The van der Waals surface area contributed by atoms with Gasteiger partial charge in [-0.05, 0) is 44.1 Å². The Labute approximate surface area is 234 Å². The summed E-state index contributed by atoms with van der Waals surface area (Å²) in [5.74, 6) is 3.50. The topological polar surface area (TPSA) is 102 Å². The molecule has 3 aromatic rings. The first-order valence-corrected chi connectivity index (χ1v) is 14.2. The predicted molar refractivity (Wildman–Crippen MR) is 152 cm³/mol. The van der Waals surface area contributed by atoms with Crippen molar-refractivity contribution in [2.45, 2.75) is 19.4 Å². The summed E-state index contributed by atoms with van der Waals surface area (Å²) in [5, 5.41) is 7.93. The maximum Gasteiger partial charge on any atom is 0.231 e. The van der Waals surface area contributed by atoms with Gasteiger partial charge in [0.05, 0.1) is 37.6 Å². The van der Waals surface area contributed by atoms with Crippen LogP contribution in [0, 0.1) is 0 Å². The second-order valence-electron chi connectivity index (χ2n) is 10.3. The molecule has 0 spiro atoms. The van der Waals surface area contributed by atoms with Crippen LogP contribution >= 0.6 is 0 Å². The second kappa shape index (κ2) is 12.9. The molecule has 1 saturated heterocycles. The van der Waals surface area contributed by atoms with Gasteiger partial charge in [-0.25, -0.2) is 9.97 Å². The lowest BCUT2D eigenvalue weighted by Crippen LogP contribution is -2.37. The Hall–Kier alpha value is -3.38. The lowest BCUT2D eigenvalue weighted by molar-refractivity contribution is 0.0357. The zero-order valence-corrected chi connectivity index (χ0v) is 23.1. The van der Waals surface area contributed by atoms with Crippen LogP contribution in [-0.4, -0.2) is 99.3 Å². The summed E-state index contributed by atoms with van der Waals surface area (Å²) >= 11 is 0. The highest BCUT2D eigenvalue weighted by atomic mass is 16.7. The van der Waals surface area contributed by atoms with Gasteiger partial charge in [0.1, 0.15) is 12.1 Å². The molecule has 6 rings (SSSR count). The Balaban J connectivity index is 1.30. The van der Waals surface area contributed by atoms with Crippen molar-refractivity contribution in [1.29, 1.82) is 0 Å². The monoisotopic (exact) mass is 550 g/mol. The maximum atomic E-state index is 6.28. The number of ether oxygens (including phenoxy) is 5. The quantitative estimate of drug-likeness (QED) is 0.459. The average Bonchev–Trinajstić information content (AvgIpc) is 3.45. The molecule has 0 amide bonds. The number of anilines is 2. The number of hydrogen-bond donors (Lipinski definition) is 2. The van der Waals surface area contributed by atoms with Crippen LogP contribution in [0.15, 0.2) is 30.6 Å². The van der Waals surface area contributed by atoms with E-state index in [0.717, 1.165) is 99.8 Å². The van der Waals surface area contributed by atoms with Crippen LogP contribution in [0.4, 0.5) is 11.5 Å². The molecule has 2 bridgehead atoms. The molecule has 0 aliphatic carbocycles. The summed E-state index contributed by atoms with van der Waals surface area (Å²) in [6, 6.07) is 8.00. The molecule has 4 heterocycles. The lowest BCUT2D eigenvalue weighted by atomic mass is 10.1. The highest BCUT2D eigenvalue weighted by molar-refractivity contribution is 5.94. The molecule has 11 nitrogen and oxygen atoms in total. The normalized spacial score (nSPS) is 18.7. The van der Waals surface area contributed by atoms with Crippen molar-refractivity contribution in [3.05, 3.63) is 36.2 Å². The molecule has 40 heavy (non-hydrogen) atoms. The molecule has 0 saturated carbocycles. The number of benzene rings is 2. The smallest absolute Gasteiger partial charge is 0.231 e. The van der Waals surface area contributed by atoms with E-state index in [-0.39, 0.29) is 6.79 Å². The Kier molecular flexibility index (Phi) is 8.62. The highest BCUT2D eigenvalue weighted by Gasteiger charge is 2.23. The summed E-state index contributed by atoms with van der Waals surface area (Å²) in [7, 11) is 2.12. The van der Waals surface area contributed by atoms with Crippen molar-refractivity contribution < 1.29 is 23.7 Å². The van der Waals surface area contributed by atoms with E-state index in [4.69, 9.17) is 23.7 Å². The van der Waals surface area contributed by atoms with Gasteiger partial charge >= 0.3 is 0 Å². The molecule has 3 aliphatic heterocycles. The third-order valence-corrected chi connectivity index (χ3v) is 7.42. The van der Waals surface area contributed by atoms with Crippen LogP contribution in [-0.2, 0) is 11.3 Å². The third-order valence-electron chi connectivity index (χ3n) is 7.42. The fourth-order valence-electron chi connectivity index (χ4n) is 5.23. The van der Waals surface area contributed by atoms with Gasteiger partial charge in [-0.15, -0.1) is 0 Å². The molecule has 3 aliphatic rings. The molecule has 214 valence electrons. The van der Waals surface area contributed by atoms with Crippen molar-refractivity contribution >= 4 is 22.4 Å². The Morgan fingerprint density at radius 2 is 1.90 bits per heavy atom. The van der Waals surface area contributed by atoms with E-state index in [0.29, 0.717) is 36.3 Å². The minimum atomic E-state index is 0.196. The average molecular weight is 551 g/mol. The SMILES string of the molecule is CN1CCNCCCOc2cc3c(ncnc3cc2OCCCN2CCOCC2)Nc2c(ccc3c2OCO3)C1. The minimum Gasteiger partial charge on any atom is -0.490 e. The molecule has 0 atom stereocenters. The maximum absolute atomic E-state index is 6.28. The molecule has 2 aromatic carbocycles. The van der Waals surface area contributed by atoms with E-state index in [1.807, 2.05) is 18.2 Å². The number of fused-ring (bicyclic) bond motifs is 4. The van der Waals surface area contributed by atoms with E-state index in [1.165, 1.54) is 0 Å². The summed E-state index contributed by atoms with van der Waals surface area (Å²) < 4.78 is 29.6. The highest BCUT2D eigenvalue weighted by Crippen LogP contribution is 2.44. The number of nitrogens with one attached hydrogen (secondary N) is 2. The van der Waals surface area contributed by atoms with Gasteiger partial charge in [-0.2, -0.15) is 0 Å². The predicted octanol–water partition coefficient (Wildman–Crippen LogP) is 3.01. The summed E-state index contributed by atoms with van der Waals surface area (Å²) in [5.41, 5.74) is 2.73. The van der Waals surface area contributed by atoms with Crippen molar-refractivity contribution in [3.63, 3.8) is 0 Å². The zero-order valence-electron chi connectivity index (χ0n) is 23.1. The number of rotatable bonds is 5. The van der Waals surface area contributed by atoms with Crippen LogP contribution in [0.1, 0.15) is 18.4 Å². The number of morpholine rings is 1. The van der Waals surface area contributed by atoms with Gasteiger partial charge in [0, 0.05) is 50.7 Å². The van der Waals surface area contributed by atoms with Crippen LogP contribution in [0.5, 0.6) is 23.0 Å². The summed E-state index contributed by atoms with van der Waals surface area (Å²) in [4.78, 5) is 13.9. The summed E-state index contributed by atoms with van der Waals surface area (Å²) in [6.07, 6.45) is 3.39. The minimum absolute atomic E-state index is 0.196. The van der Waals surface area contributed by atoms with Crippen molar-refractivity contribution in [2.75, 3.05) is 84.9 Å². The molecule has 0 unspecified atom stereocenters. The van der Waals surface area contributed by atoms with Crippen molar-refractivity contribution in [1.82, 2.24) is 25.1 Å². The van der Waals surface area contributed by atoms with E-state index in [2.05, 4.69) is 43.5 Å². The number of aromatic nitrogens is 2. The largest absolute Gasteiger partial charge is 0.490 e. The zero-order chi connectivity index (χ0) is 27.1. The first-order valence-electron chi connectivity index (χ1n) is 14.2. The fourth-order valence-corrected chi connectivity index (χ4v) is 5.23. The molecule has 1 aromatic heterocycles. The molecule has 11 heteroatoms. The van der Waals surface area contributed by atoms with Gasteiger partial charge in [0.25, 0.3) is 0 Å². The van der Waals surface area contributed by atoms with Gasteiger partial charge in [-0.3, -0.25) is 4.90 Å². The van der Waals surface area contributed by atoms with Crippen LogP contribution in [0.25, 0.3) is 10.9 Å². The van der Waals surface area contributed by atoms with Crippen molar-refractivity contribution in [3.8, 4) is 23.0 Å². The van der Waals surface area contributed by atoms with E-state index < -0.39 is 0 Å². The molecule has 2 N–H and O–H groups in total. The van der Waals surface area contributed by atoms with E-state index in [9.17, 15) is 0 Å². The Morgan fingerprint density at radius 3 is 2.83 bits per heavy atom. The first-order chi connectivity index (χ1) is 19.7. The molecular weight excluding hydrogens is 512 g/mol. The number of hydrogen-bond acceptors (Lipinski definition) is 11. The van der Waals surface area contributed by atoms with Gasteiger partial charge in [0.15, 0.2) is 23.0 Å². The number of nitrogens with zero attached hydrogens (tertiary/aromatic N) is 4. The van der Waals surface area contributed by atoms with Gasteiger partial charge < -0.3 is 39.2 Å². The first kappa shape index (κ1) is 26.8. The van der Waals surface area contributed by atoms with E-state index >= 15 is 0 Å². The lowest BCUT2D eigenvalue weighted by Gasteiger charge is -2.26. The van der Waals surface area contributed by atoms with E-state index in [1.54, 1.807) is 6.33 Å². The van der Waals surface area contributed by atoms with Crippen LogP contribution < -0.4 is 29.6 Å². The van der Waals surface area contributed by atoms with Crippen molar-refractivity contribution in [2.24, 2.45) is 0 Å². The Morgan fingerprint density at radius 1 is 0.975 bits per heavy atom. The molecule has 0 radical (unpaired) electrons. The fraction of sp³-hybridized carbons (Fsp3) is 0.517. The summed E-state index contributed by atoms with van der Waals surface area (Å²) in [6.45, 7) is 9.35. The number of likely N-dealkylation sites (N-methyl/N-ethyl adjacent to an activating group) is 1. The van der Waals surface area contributed by atoms with Gasteiger partial charge in [-0.1, -0.05) is 6.07 Å².